The molecule has 1 aromatic rings. The predicted octanol–water partition coefficient (Wildman–Crippen LogP) is 2.59. The second kappa shape index (κ2) is 6.76. The Labute approximate surface area is 111 Å². The third-order valence-corrected chi connectivity index (χ3v) is 3.21. The first-order valence-electron chi connectivity index (χ1n) is 6.54. The molecule has 0 saturated carbocycles. The largest absolute Gasteiger partial charge is 0.496 e. The molecule has 0 heterocycles. The van der Waals surface area contributed by atoms with E-state index in [9.17, 15) is 0 Å². The zero-order valence-corrected chi connectivity index (χ0v) is 12.2. The molecule has 0 aromatic heterocycles. The quantitative estimate of drug-likeness (QED) is 0.843. The fourth-order valence-electron chi connectivity index (χ4n) is 2.38. The summed E-state index contributed by atoms with van der Waals surface area (Å²) in [5.74, 6) is 1.57. The van der Waals surface area contributed by atoms with Crippen molar-refractivity contribution < 1.29 is 4.74 Å². The number of hydrogen-bond donors (Lipinski definition) is 1. The number of methoxy groups -OCH3 is 1. The van der Waals surface area contributed by atoms with E-state index in [0.717, 1.165) is 17.9 Å². The fourth-order valence-corrected chi connectivity index (χ4v) is 2.38. The van der Waals surface area contributed by atoms with Crippen LogP contribution in [-0.4, -0.2) is 32.1 Å². The van der Waals surface area contributed by atoms with Crippen molar-refractivity contribution in [1.82, 2.24) is 4.90 Å². The predicted molar refractivity (Wildman–Crippen MR) is 77.0 cm³/mol. The summed E-state index contributed by atoms with van der Waals surface area (Å²) in [7, 11) is 3.84. The fraction of sp³-hybridized carbons (Fsp3) is 0.600. The summed E-state index contributed by atoms with van der Waals surface area (Å²) in [5.41, 5.74) is 8.35. The average molecular weight is 250 g/mol. The highest BCUT2D eigenvalue weighted by Crippen LogP contribution is 2.25. The zero-order valence-electron chi connectivity index (χ0n) is 12.2. The van der Waals surface area contributed by atoms with Crippen molar-refractivity contribution in [3.05, 3.63) is 29.3 Å². The molecule has 3 heteroatoms. The highest BCUT2D eigenvalue weighted by molar-refractivity contribution is 5.37. The molecule has 0 aliphatic rings. The number of likely N-dealkylation sites (N-methyl/N-ethyl adjacent to an activating group) is 1. The summed E-state index contributed by atoms with van der Waals surface area (Å²) in [6, 6.07) is 6.58. The standard InChI is InChI=1S/C15H26N2O/c1-11(2)10-17(4)14(9-16)13-6-7-15(18-5)12(3)8-13/h6-8,11,14H,9-10,16H2,1-5H3. The summed E-state index contributed by atoms with van der Waals surface area (Å²) in [5, 5.41) is 0. The third kappa shape index (κ3) is 3.72. The maximum Gasteiger partial charge on any atom is 0.121 e. The summed E-state index contributed by atoms with van der Waals surface area (Å²) in [6.45, 7) is 8.20. The number of rotatable bonds is 6. The lowest BCUT2D eigenvalue weighted by Crippen LogP contribution is -2.33. The van der Waals surface area contributed by atoms with Crippen LogP contribution < -0.4 is 10.5 Å². The smallest absolute Gasteiger partial charge is 0.121 e. The van der Waals surface area contributed by atoms with E-state index in [0.29, 0.717) is 12.5 Å². The molecule has 0 radical (unpaired) electrons. The van der Waals surface area contributed by atoms with E-state index in [2.05, 4.69) is 44.9 Å². The molecule has 0 aliphatic carbocycles. The minimum Gasteiger partial charge on any atom is -0.496 e. The molecular weight excluding hydrogens is 224 g/mol. The van der Waals surface area contributed by atoms with E-state index in [1.807, 2.05) is 6.07 Å². The second-order valence-corrected chi connectivity index (χ2v) is 5.31. The van der Waals surface area contributed by atoms with Gasteiger partial charge < -0.3 is 10.5 Å². The van der Waals surface area contributed by atoms with Gasteiger partial charge >= 0.3 is 0 Å². The van der Waals surface area contributed by atoms with Gasteiger partial charge in [0, 0.05) is 19.1 Å². The monoisotopic (exact) mass is 250 g/mol. The van der Waals surface area contributed by atoms with E-state index in [4.69, 9.17) is 10.5 Å². The number of nitrogens with zero attached hydrogens (tertiary/aromatic N) is 1. The van der Waals surface area contributed by atoms with Crippen LogP contribution in [0.25, 0.3) is 0 Å². The molecule has 0 fully saturated rings. The Balaban J connectivity index is 2.91. The molecule has 1 rings (SSSR count). The van der Waals surface area contributed by atoms with Crippen molar-refractivity contribution in [2.24, 2.45) is 11.7 Å². The van der Waals surface area contributed by atoms with Gasteiger partial charge in [-0.1, -0.05) is 26.0 Å². The molecule has 1 aromatic carbocycles. The zero-order chi connectivity index (χ0) is 13.7. The lowest BCUT2D eigenvalue weighted by Gasteiger charge is -2.29. The van der Waals surface area contributed by atoms with Gasteiger partial charge in [0.15, 0.2) is 0 Å². The van der Waals surface area contributed by atoms with Crippen LogP contribution in [0.15, 0.2) is 18.2 Å². The van der Waals surface area contributed by atoms with E-state index >= 15 is 0 Å². The van der Waals surface area contributed by atoms with Crippen LogP contribution in [0.5, 0.6) is 5.75 Å². The number of ether oxygens (including phenoxy) is 1. The second-order valence-electron chi connectivity index (χ2n) is 5.31. The molecule has 1 atom stereocenters. The Morgan fingerprint density at radius 3 is 2.44 bits per heavy atom. The van der Waals surface area contributed by atoms with Crippen LogP contribution in [0.1, 0.15) is 31.0 Å². The molecule has 0 spiro atoms. The van der Waals surface area contributed by atoms with Gasteiger partial charge in [-0.15, -0.1) is 0 Å². The van der Waals surface area contributed by atoms with Gasteiger partial charge in [-0.3, -0.25) is 4.90 Å². The van der Waals surface area contributed by atoms with Gasteiger partial charge in [0.25, 0.3) is 0 Å². The summed E-state index contributed by atoms with van der Waals surface area (Å²) in [4.78, 5) is 2.33. The van der Waals surface area contributed by atoms with Crippen LogP contribution in [0.2, 0.25) is 0 Å². The van der Waals surface area contributed by atoms with Crippen molar-refractivity contribution in [2.75, 3.05) is 27.2 Å². The Kier molecular flexibility index (Phi) is 5.63. The van der Waals surface area contributed by atoms with E-state index in [1.54, 1.807) is 7.11 Å². The maximum atomic E-state index is 5.93. The summed E-state index contributed by atoms with van der Waals surface area (Å²) < 4.78 is 5.29. The summed E-state index contributed by atoms with van der Waals surface area (Å²) >= 11 is 0. The highest BCUT2D eigenvalue weighted by Gasteiger charge is 2.17. The van der Waals surface area contributed by atoms with Crippen molar-refractivity contribution in [1.29, 1.82) is 0 Å². The van der Waals surface area contributed by atoms with Crippen LogP contribution in [0.4, 0.5) is 0 Å². The SMILES string of the molecule is COc1ccc(C(CN)N(C)CC(C)C)cc1C. The van der Waals surface area contributed by atoms with E-state index in [1.165, 1.54) is 5.56 Å². The van der Waals surface area contributed by atoms with Crippen LogP contribution in [0, 0.1) is 12.8 Å². The minimum atomic E-state index is 0.275. The Bertz CT molecular complexity index is 377. The first-order valence-corrected chi connectivity index (χ1v) is 6.54. The van der Waals surface area contributed by atoms with Gasteiger partial charge in [0.2, 0.25) is 0 Å². The minimum absolute atomic E-state index is 0.275. The molecule has 102 valence electrons. The van der Waals surface area contributed by atoms with Crippen molar-refractivity contribution in [2.45, 2.75) is 26.8 Å². The van der Waals surface area contributed by atoms with Crippen molar-refractivity contribution in [3.63, 3.8) is 0 Å². The molecule has 0 amide bonds. The number of benzene rings is 1. The van der Waals surface area contributed by atoms with Crippen LogP contribution >= 0.6 is 0 Å². The lowest BCUT2D eigenvalue weighted by atomic mass is 10.0. The normalized spacial score (nSPS) is 13.1. The molecule has 0 aliphatic heterocycles. The topological polar surface area (TPSA) is 38.5 Å². The van der Waals surface area contributed by atoms with Gasteiger partial charge in [-0.25, -0.2) is 0 Å². The summed E-state index contributed by atoms with van der Waals surface area (Å²) in [6.07, 6.45) is 0. The number of nitrogens with two attached hydrogens (primary N) is 1. The molecule has 0 bridgehead atoms. The third-order valence-electron chi connectivity index (χ3n) is 3.21. The van der Waals surface area contributed by atoms with Gasteiger partial charge in [-0.2, -0.15) is 0 Å². The van der Waals surface area contributed by atoms with E-state index < -0.39 is 0 Å². The van der Waals surface area contributed by atoms with Crippen molar-refractivity contribution in [3.8, 4) is 5.75 Å². The number of aryl methyl sites for hydroxylation is 1. The molecule has 3 nitrogen and oxygen atoms in total. The van der Waals surface area contributed by atoms with Crippen LogP contribution in [0.3, 0.4) is 0 Å². The molecule has 18 heavy (non-hydrogen) atoms. The first-order chi connectivity index (χ1) is 8.49. The molecule has 1 unspecified atom stereocenters. The van der Waals surface area contributed by atoms with E-state index in [-0.39, 0.29) is 6.04 Å². The Hall–Kier alpha value is -1.06. The first kappa shape index (κ1) is 15.0. The van der Waals surface area contributed by atoms with Gasteiger partial charge in [0.1, 0.15) is 5.75 Å². The van der Waals surface area contributed by atoms with Gasteiger partial charge in [-0.05, 0) is 37.1 Å². The molecule has 2 N–H and O–H groups in total. The highest BCUT2D eigenvalue weighted by atomic mass is 16.5. The Morgan fingerprint density at radius 1 is 1.33 bits per heavy atom. The molecular formula is C15H26N2O. The van der Waals surface area contributed by atoms with Crippen LogP contribution in [-0.2, 0) is 0 Å². The molecule has 0 saturated heterocycles. The Morgan fingerprint density at radius 2 is 2.00 bits per heavy atom. The van der Waals surface area contributed by atoms with Crippen molar-refractivity contribution >= 4 is 0 Å². The van der Waals surface area contributed by atoms with Gasteiger partial charge in [0.05, 0.1) is 7.11 Å². The maximum absolute atomic E-state index is 5.93. The number of hydrogen-bond acceptors (Lipinski definition) is 3. The lowest BCUT2D eigenvalue weighted by molar-refractivity contribution is 0.223. The average Bonchev–Trinajstić information content (AvgIpc) is 2.29.